The van der Waals surface area contributed by atoms with Crippen LogP contribution in [-0.2, 0) is 11.2 Å². The second-order valence-electron chi connectivity index (χ2n) is 8.38. The summed E-state index contributed by atoms with van der Waals surface area (Å²) in [5.74, 6) is 3.36. The quantitative estimate of drug-likeness (QED) is 0.756. The minimum atomic E-state index is 0.281. The number of H-pyrrole nitrogens is 1. The first kappa shape index (κ1) is 18.3. The fourth-order valence-electron chi connectivity index (χ4n) is 5.24. The molecule has 0 bridgehead atoms. The van der Waals surface area contributed by atoms with Crippen molar-refractivity contribution in [1.29, 1.82) is 0 Å². The predicted molar refractivity (Wildman–Crippen MR) is 104 cm³/mol. The molecule has 2 atom stereocenters. The maximum atomic E-state index is 12.8. The largest absolute Gasteiger partial charge is 0.339 e. The Morgan fingerprint density at radius 1 is 1.08 bits per heavy atom. The fourth-order valence-corrected chi connectivity index (χ4v) is 5.94. The minimum Gasteiger partial charge on any atom is -0.339 e. The molecular formula is C20H32N4OS. The van der Waals surface area contributed by atoms with Crippen molar-refractivity contribution in [2.24, 2.45) is 11.8 Å². The molecule has 0 unspecified atom stereocenters. The summed E-state index contributed by atoms with van der Waals surface area (Å²) in [6.07, 6.45) is 15.4. The number of hydrogen-bond acceptors (Lipinski definition) is 4. The summed E-state index contributed by atoms with van der Waals surface area (Å²) in [5, 5.41) is 8.12. The number of aromatic amines is 1. The van der Waals surface area contributed by atoms with Gasteiger partial charge in [0.25, 0.3) is 0 Å². The highest BCUT2D eigenvalue weighted by Gasteiger charge is 2.35. The summed E-state index contributed by atoms with van der Waals surface area (Å²) in [6, 6.07) is 0.500. The number of nitrogens with one attached hydrogen (secondary N) is 1. The van der Waals surface area contributed by atoms with E-state index in [-0.39, 0.29) is 5.91 Å². The van der Waals surface area contributed by atoms with Crippen molar-refractivity contribution in [1.82, 2.24) is 20.1 Å². The zero-order valence-electron chi connectivity index (χ0n) is 15.8. The van der Waals surface area contributed by atoms with Crippen molar-refractivity contribution in [3.63, 3.8) is 0 Å². The lowest BCUT2D eigenvalue weighted by Gasteiger charge is -2.44. The van der Waals surface area contributed by atoms with Crippen molar-refractivity contribution in [2.45, 2.75) is 88.2 Å². The van der Waals surface area contributed by atoms with E-state index < -0.39 is 0 Å². The summed E-state index contributed by atoms with van der Waals surface area (Å²) in [4.78, 5) is 19.5. The van der Waals surface area contributed by atoms with Crippen molar-refractivity contribution >= 4 is 17.7 Å². The molecule has 1 saturated heterocycles. The van der Waals surface area contributed by atoms with Gasteiger partial charge < -0.3 is 4.90 Å². The smallest absolute Gasteiger partial charge is 0.233 e. The van der Waals surface area contributed by atoms with Gasteiger partial charge in [-0.1, -0.05) is 50.3 Å². The molecule has 2 saturated carbocycles. The topological polar surface area (TPSA) is 61.9 Å². The molecule has 1 aromatic heterocycles. The average molecular weight is 377 g/mol. The molecular weight excluding hydrogens is 344 g/mol. The third-order valence-electron chi connectivity index (χ3n) is 6.66. The minimum absolute atomic E-state index is 0.281. The van der Waals surface area contributed by atoms with Gasteiger partial charge in [-0.05, 0) is 43.9 Å². The van der Waals surface area contributed by atoms with E-state index in [4.69, 9.17) is 0 Å². The van der Waals surface area contributed by atoms with E-state index >= 15 is 0 Å². The summed E-state index contributed by atoms with van der Waals surface area (Å²) in [6.45, 7) is 0.946. The number of likely N-dealkylation sites (tertiary alicyclic amines) is 1. The van der Waals surface area contributed by atoms with Gasteiger partial charge in [-0.25, -0.2) is 4.98 Å². The van der Waals surface area contributed by atoms with Gasteiger partial charge in [0.1, 0.15) is 5.82 Å². The number of aryl methyl sites for hydroxylation is 1. The number of aromatic nitrogens is 3. The van der Waals surface area contributed by atoms with Gasteiger partial charge in [0, 0.05) is 19.0 Å². The number of thioether (sulfide) groups is 1. The van der Waals surface area contributed by atoms with E-state index in [2.05, 4.69) is 20.1 Å². The maximum Gasteiger partial charge on any atom is 0.233 e. The van der Waals surface area contributed by atoms with Crippen molar-refractivity contribution in [3.8, 4) is 0 Å². The van der Waals surface area contributed by atoms with Crippen LogP contribution in [0.15, 0.2) is 5.16 Å². The first-order valence-corrected chi connectivity index (χ1v) is 11.6. The molecule has 26 heavy (non-hydrogen) atoms. The Hall–Kier alpha value is -1.04. The molecule has 2 heterocycles. The van der Waals surface area contributed by atoms with Crippen molar-refractivity contribution < 1.29 is 4.79 Å². The monoisotopic (exact) mass is 376 g/mol. The number of piperidine rings is 1. The van der Waals surface area contributed by atoms with Gasteiger partial charge in [-0.2, -0.15) is 0 Å². The maximum absolute atomic E-state index is 12.8. The van der Waals surface area contributed by atoms with Gasteiger partial charge in [0.2, 0.25) is 11.1 Å². The zero-order chi connectivity index (χ0) is 17.8. The fraction of sp³-hybridized carbons (Fsp3) is 0.850. The molecule has 6 heteroatoms. The van der Waals surface area contributed by atoms with Gasteiger partial charge in [-0.15, -0.1) is 5.10 Å². The first-order chi connectivity index (χ1) is 12.8. The van der Waals surface area contributed by atoms with Crippen LogP contribution >= 0.6 is 11.8 Å². The number of fused-ring (bicyclic) bond motifs is 1. The molecule has 1 N–H and O–H groups in total. The third kappa shape index (κ3) is 4.44. The molecule has 4 rings (SSSR count). The number of carbonyl (C=O) groups excluding carboxylic acids is 1. The second-order valence-corrected chi connectivity index (χ2v) is 9.33. The van der Waals surface area contributed by atoms with Crippen LogP contribution in [0.25, 0.3) is 0 Å². The van der Waals surface area contributed by atoms with E-state index in [0.29, 0.717) is 11.8 Å². The van der Waals surface area contributed by atoms with Crippen LogP contribution in [0.5, 0.6) is 0 Å². The highest BCUT2D eigenvalue weighted by Crippen LogP contribution is 2.35. The van der Waals surface area contributed by atoms with Gasteiger partial charge in [0.15, 0.2) is 0 Å². The highest BCUT2D eigenvalue weighted by atomic mass is 32.2. The molecule has 3 fully saturated rings. The predicted octanol–water partition coefficient (Wildman–Crippen LogP) is 4.20. The van der Waals surface area contributed by atoms with Gasteiger partial charge >= 0.3 is 0 Å². The Kier molecular flexibility index (Phi) is 6.18. The molecule has 144 valence electrons. The normalized spacial score (nSPS) is 26.8. The van der Waals surface area contributed by atoms with Crippen LogP contribution in [0.1, 0.15) is 76.5 Å². The summed E-state index contributed by atoms with van der Waals surface area (Å²) < 4.78 is 0. The van der Waals surface area contributed by atoms with Crippen LogP contribution in [0.2, 0.25) is 0 Å². The lowest BCUT2D eigenvalue weighted by Crippen LogP contribution is -2.50. The Balaban J connectivity index is 1.25. The van der Waals surface area contributed by atoms with Crippen LogP contribution < -0.4 is 0 Å². The number of amides is 1. The van der Waals surface area contributed by atoms with Crippen LogP contribution in [0.3, 0.4) is 0 Å². The summed E-state index contributed by atoms with van der Waals surface area (Å²) >= 11 is 1.50. The standard InChI is InChI=1S/C20H32N4OS/c25-19(24-13-5-9-16-8-3-4-10-17(16)24)14-26-20-21-18(22-23-20)12-11-15-6-1-2-7-15/h15-17H,1-14H2,(H,21,22,23)/t16-,17+/m1/s1. The van der Waals surface area contributed by atoms with Crippen LogP contribution in [-0.4, -0.2) is 44.3 Å². The van der Waals surface area contributed by atoms with E-state index in [1.165, 1.54) is 82.4 Å². The van der Waals surface area contributed by atoms with E-state index in [1.54, 1.807) is 0 Å². The average Bonchev–Trinajstić information content (AvgIpc) is 3.35. The van der Waals surface area contributed by atoms with Crippen LogP contribution in [0, 0.1) is 11.8 Å². The van der Waals surface area contributed by atoms with E-state index in [0.717, 1.165) is 35.8 Å². The molecule has 2 aliphatic carbocycles. The molecule has 0 spiro atoms. The Morgan fingerprint density at radius 3 is 2.73 bits per heavy atom. The summed E-state index contributed by atoms with van der Waals surface area (Å²) in [5.41, 5.74) is 0. The van der Waals surface area contributed by atoms with Crippen molar-refractivity contribution in [3.05, 3.63) is 5.82 Å². The third-order valence-corrected chi connectivity index (χ3v) is 7.50. The Labute approximate surface area is 161 Å². The first-order valence-electron chi connectivity index (χ1n) is 10.6. The second kappa shape index (κ2) is 8.77. The molecule has 1 amide bonds. The van der Waals surface area contributed by atoms with Gasteiger partial charge in [0.05, 0.1) is 5.75 Å². The van der Waals surface area contributed by atoms with E-state index in [9.17, 15) is 4.79 Å². The molecule has 1 aromatic rings. The lowest BCUT2D eigenvalue weighted by atomic mass is 9.78. The lowest BCUT2D eigenvalue weighted by molar-refractivity contribution is -0.134. The number of carbonyl (C=O) groups is 1. The Morgan fingerprint density at radius 2 is 1.85 bits per heavy atom. The molecule has 0 radical (unpaired) electrons. The van der Waals surface area contributed by atoms with Gasteiger partial charge in [-0.3, -0.25) is 9.89 Å². The molecule has 1 aliphatic heterocycles. The zero-order valence-corrected chi connectivity index (χ0v) is 16.6. The van der Waals surface area contributed by atoms with E-state index in [1.807, 2.05) is 0 Å². The molecule has 5 nitrogen and oxygen atoms in total. The highest BCUT2D eigenvalue weighted by molar-refractivity contribution is 7.99. The molecule has 3 aliphatic rings. The van der Waals surface area contributed by atoms with Crippen LogP contribution in [0.4, 0.5) is 0 Å². The SMILES string of the molecule is O=C(CSc1n[nH]c(CCC2CCCC2)n1)N1CCC[C@H]2CCCC[C@@H]21. The number of rotatable bonds is 6. The molecule has 0 aromatic carbocycles. The Bertz CT molecular complexity index is 596. The van der Waals surface area contributed by atoms with Crippen molar-refractivity contribution in [2.75, 3.05) is 12.3 Å². The number of hydrogen-bond donors (Lipinski definition) is 1. The number of nitrogens with zero attached hydrogens (tertiary/aromatic N) is 3. The summed E-state index contributed by atoms with van der Waals surface area (Å²) in [7, 11) is 0.